The first-order valence-corrected chi connectivity index (χ1v) is 11.3. The summed E-state index contributed by atoms with van der Waals surface area (Å²) in [5.41, 5.74) is 3.25. The molecule has 31 heavy (non-hydrogen) atoms. The molecule has 0 aliphatic carbocycles. The number of nitro groups is 1. The van der Waals surface area contributed by atoms with Gasteiger partial charge in [-0.3, -0.25) is 19.2 Å². The summed E-state index contributed by atoms with van der Waals surface area (Å²) in [7, 11) is -4.10. The van der Waals surface area contributed by atoms with Crippen molar-refractivity contribution in [2.45, 2.75) is 11.8 Å². The maximum atomic E-state index is 13.2. The number of non-ortho nitro benzene ring substituents is 1. The molecule has 0 unspecified atom stereocenters. The Morgan fingerprint density at radius 2 is 1.84 bits per heavy atom. The van der Waals surface area contributed by atoms with Gasteiger partial charge in [0.1, 0.15) is 6.54 Å². The van der Waals surface area contributed by atoms with Gasteiger partial charge in [0.15, 0.2) is 0 Å². The summed E-state index contributed by atoms with van der Waals surface area (Å²) in [6, 6.07) is 14.4. The molecule has 1 amide bonds. The van der Waals surface area contributed by atoms with Crippen molar-refractivity contribution in [3.63, 3.8) is 0 Å². The molecule has 0 atom stereocenters. The fourth-order valence-electron chi connectivity index (χ4n) is 2.62. The van der Waals surface area contributed by atoms with Gasteiger partial charge in [-0.05, 0) is 48.2 Å². The molecule has 1 N–H and O–H groups in total. The van der Waals surface area contributed by atoms with Gasteiger partial charge in [-0.1, -0.05) is 18.2 Å². The highest BCUT2D eigenvalue weighted by molar-refractivity contribution is 7.92. The lowest BCUT2D eigenvalue weighted by Gasteiger charge is -2.23. The summed E-state index contributed by atoms with van der Waals surface area (Å²) in [5.74, 6) is -0.664. The van der Waals surface area contributed by atoms with Crippen molar-refractivity contribution >= 4 is 44.9 Å². The smallest absolute Gasteiger partial charge is 0.269 e. The van der Waals surface area contributed by atoms with Crippen molar-refractivity contribution in [1.29, 1.82) is 0 Å². The summed E-state index contributed by atoms with van der Waals surface area (Å²) >= 11 is 1.46. The molecule has 0 radical (unpaired) electrons. The highest BCUT2D eigenvalue weighted by atomic mass is 32.2. The zero-order valence-corrected chi connectivity index (χ0v) is 18.0. The minimum atomic E-state index is -4.10. The normalized spacial score (nSPS) is 11.4. The maximum Gasteiger partial charge on any atom is 0.269 e. The number of nitro benzene ring substituents is 1. The second-order valence-corrected chi connectivity index (χ2v) is 9.17. The van der Waals surface area contributed by atoms with E-state index < -0.39 is 27.4 Å². The molecule has 0 saturated heterocycles. The van der Waals surface area contributed by atoms with Crippen LogP contribution in [-0.2, 0) is 14.8 Å². The number of carbonyl (C=O) groups excluding carboxylic acids is 1. The van der Waals surface area contributed by atoms with Crippen molar-refractivity contribution in [3.05, 3.63) is 86.6 Å². The van der Waals surface area contributed by atoms with E-state index in [0.717, 1.165) is 14.7 Å². The number of nitrogens with one attached hydrogen (secondary N) is 1. The zero-order chi connectivity index (χ0) is 22.4. The Hall–Kier alpha value is -3.57. The van der Waals surface area contributed by atoms with Gasteiger partial charge in [-0.2, -0.15) is 5.10 Å². The Morgan fingerprint density at radius 1 is 1.16 bits per heavy atom. The van der Waals surface area contributed by atoms with Gasteiger partial charge < -0.3 is 0 Å². The summed E-state index contributed by atoms with van der Waals surface area (Å²) < 4.78 is 27.2. The molecule has 0 saturated carbocycles. The van der Waals surface area contributed by atoms with E-state index in [0.29, 0.717) is 0 Å². The van der Waals surface area contributed by atoms with Crippen molar-refractivity contribution in [3.8, 4) is 0 Å². The second kappa shape index (κ2) is 9.49. The van der Waals surface area contributed by atoms with Gasteiger partial charge in [0.25, 0.3) is 21.6 Å². The van der Waals surface area contributed by atoms with Crippen LogP contribution in [0.1, 0.15) is 10.4 Å². The average molecular weight is 459 g/mol. The lowest BCUT2D eigenvalue weighted by molar-refractivity contribution is -0.384. The third kappa shape index (κ3) is 5.32. The van der Waals surface area contributed by atoms with E-state index in [2.05, 4.69) is 10.5 Å². The Labute approximate surface area is 182 Å². The molecule has 1 aromatic heterocycles. The zero-order valence-electron chi connectivity index (χ0n) is 16.3. The maximum absolute atomic E-state index is 13.2. The van der Waals surface area contributed by atoms with Crippen LogP contribution in [0, 0.1) is 17.0 Å². The summed E-state index contributed by atoms with van der Waals surface area (Å²) in [4.78, 5) is 23.6. The first-order chi connectivity index (χ1) is 14.8. The van der Waals surface area contributed by atoms with E-state index in [1.54, 1.807) is 18.2 Å². The lowest BCUT2D eigenvalue weighted by atomic mass is 10.3. The van der Waals surface area contributed by atoms with Crippen molar-refractivity contribution in [1.82, 2.24) is 5.43 Å². The number of amides is 1. The first kappa shape index (κ1) is 22.1. The molecule has 0 aliphatic rings. The van der Waals surface area contributed by atoms with Crippen LogP contribution in [0.5, 0.6) is 0 Å². The number of sulfonamides is 1. The third-order valence-electron chi connectivity index (χ3n) is 4.24. The van der Waals surface area contributed by atoms with Crippen LogP contribution in [0.2, 0.25) is 0 Å². The molecule has 3 rings (SSSR count). The minimum Gasteiger partial charge on any atom is -0.271 e. The summed E-state index contributed by atoms with van der Waals surface area (Å²) in [5, 5.41) is 16.7. The number of hydrogen-bond acceptors (Lipinski definition) is 7. The fraction of sp³-hybridized carbons (Fsp3) is 0.100. The molecule has 160 valence electrons. The van der Waals surface area contributed by atoms with E-state index >= 15 is 0 Å². The van der Waals surface area contributed by atoms with Crippen molar-refractivity contribution in [2.24, 2.45) is 5.10 Å². The molecule has 0 spiro atoms. The molecule has 0 aliphatic heterocycles. The fourth-order valence-corrected chi connectivity index (χ4v) is 4.85. The van der Waals surface area contributed by atoms with Gasteiger partial charge in [-0.25, -0.2) is 13.8 Å². The number of benzene rings is 2. The van der Waals surface area contributed by atoms with Gasteiger partial charge in [0, 0.05) is 17.0 Å². The number of hydrogen-bond donors (Lipinski definition) is 1. The highest BCUT2D eigenvalue weighted by Crippen LogP contribution is 2.25. The number of nitrogens with zero attached hydrogens (tertiary/aromatic N) is 3. The van der Waals surface area contributed by atoms with E-state index in [9.17, 15) is 23.3 Å². The average Bonchev–Trinajstić information content (AvgIpc) is 3.17. The number of hydrazone groups is 1. The van der Waals surface area contributed by atoms with Crippen LogP contribution >= 0.6 is 11.3 Å². The van der Waals surface area contributed by atoms with Gasteiger partial charge in [-0.15, -0.1) is 11.3 Å². The van der Waals surface area contributed by atoms with Crippen molar-refractivity contribution in [2.75, 3.05) is 10.8 Å². The SMILES string of the molecule is Cc1ccsc1/C=N\NC(=O)CN(c1ccc([N+](=O)[O-])cc1)S(=O)(=O)c1ccccc1. The van der Waals surface area contributed by atoms with Crippen LogP contribution in [-0.4, -0.2) is 32.0 Å². The number of thiophene rings is 1. The first-order valence-electron chi connectivity index (χ1n) is 8.97. The monoisotopic (exact) mass is 458 g/mol. The predicted molar refractivity (Wildman–Crippen MR) is 119 cm³/mol. The van der Waals surface area contributed by atoms with Crippen molar-refractivity contribution < 1.29 is 18.1 Å². The van der Waals surface area contributed by atoms with Crippen LogP contribution < -0.4 is 9.73 Å². The molecule has 9 nitrogen and oxygen atoms in total. The van der Waals surface area contributed by atoms with Gasteiger partial charge in [0.2, 0.25) is 0 Å². The topological polar surface area (TPSA) is 122 Å². The molecule has 3 aromatic rings. The molecule has 0 bridgehead atoms. The number of aryl methyl sites for hydroxylation is 1. The highest BCUT2D eigenvalue weighted by Gasteiger charge is 2.27. The molecule has 2 aromatic carbocycles. The molecular formula is C20H18N4O5S2. The van der Waals surface area contributed by atoms with E-state index in [1.807, 2.05) is 18.4 Å². The second-order valence-electron chi connectivity index (χ2n) is 6.36. The van der Waals surface area contributed by atoms with Crippen LogP contribution in [0.15, 0.2) is 76.0 Å². The number of anilines is 1. The molecular weight excluding hydrogens is 440 g/mol. The Balaban J connectivity index is 1.86. The minimum absolute atomic E-state index is 0.0149. The number of carbonyl (C=O) groups is 1. The summed E-state index contributed by atoms with van der Waals surface area (Å²) in [6.45, 7) is 1.35. The van der Waals surface area contributed by atoms with Gasteiger partial charge in [0.05, 0.1) is 21.7 Å². The number of rotatable bonds is 8. The molecule has 0 fully saturated rings. The van der Waals surface area contributed by atoms with E-state index in [-0.39, 0.29) is 16.3 Å². The van der Waals surface area contributed by atoms with E-state index in [4.69, 9.17) is 0 Å². The molecule has 11 heteroatoms. The van der Waals surface area contributed by atoms with Crippen LogP contribution in [0.3, 0.4) is 0 Å². The Bertz CT molecular complexity index is 1210. The predicted octanol–water partition coefficient (Wildman–Crippen LogP) is 3.31. The van der Waals surface area contributed by atoms with Crippen LogP contribution in [0.4, 0.5) is 11.4 Å². The Kier molecular flexibility index (Phi) is 6.78. The van der Waals surface area contributed by atoms with Crippen LogP contribution in [0.25, 0.3) is 0 Å². The third-order valence-corrected chi connectivity index (χ3v) is 6.98. The summed E-state index contributed by atoms with van der Waals surface area (Å²) in [6.07, 6.45) is 1.49. The Morgan fingerprint density at radius 3 is 2.42 bits per heavy atom. The van der Waals surface area contributed by atoms with Gasteiger partial charge >= 0.3 is 0 Å². The standard InChI is InChI=1S/C20H18N4O5S2/c1-15-11-12-30-19(15)13-21-22-20(25)14-23(16-7-9-17(10-8-16)24(26)27)31(28,29)18-5-3-2-4-6-18/h2-13H,14H2,1H3,(H,22,25)/b21-13-. The quantitative estimate of drug-likeness (QED) is 0.315. The van der Waals surface area contributed by atoms with E-state index in [1.165, 1.54) is 53.9 Å². The molecule has 1 heterocycles. The lowest BCUT2D eigenvalue weighted by Crippen LogP contribution is -2.39. The largest absolute Gasteiger partial charge is 0.271 e.